The predicted molar refractivity (Wildman–Crippen MR) is 52.8 cm³/mol. The van der Waals surface area contributed by atoms with Gasteiger partial charge in [-0.15, -0.1) is 23.2 Å². The molecule has 0 bridgehead atoms. The lowest BCUT2D eigenvalue weighted by Gasteiger charge is -2.26. The Bertz CT molecular complexity index is 88.2. The first-order chi connectivity index (χ1) is 5.26. The van der Waals surface area contributed by atoms with Crippen LogP contribution in [0.15, 0.2) is 0 Å². The van der Waals surface area contributed by atoms with E-state index in [-0.39, 0.29) is 0 Å². The molecule has 0 amide bonds. The molecule has 0 aromatic rings. The highest BCUT2D eigenvalue weighted by Crippen LogP contribution is 2.04. The summed E-state index contributed by atoms with van der Waals surface area (Å²) in [5.41, 5.74) is 0. The zero-order valence-electron chi connectivity index (χ0n) is 7.32. The molecule has 0 aromatic heterocycles. The molecule has 0 aliphatic heterocycles. The van der Waals surface area contributed by atoms with Crippen molar-refractivity contribution in [1.82, 2.24) is 4.90 Å². The smallest absolute Gasteiger partial charge is 0.0351 e. The summed E-state index contributed by atoms with van der Waals surface area (Å²) in [6.07, 6.45) is 1.05. The number of rotatable bonds is 6. The normalized spacial score (nSPS) is 13.9. The third-order valence-electron chi connectivity index (χ3n) is 1.93. The first-order valence-electron chi connectivity index (χ1n) is 4.12. The van der Waals surface area contributed by atoms with Gasteiger partial charge in [0.1, 0.15) is 0 Å². The van der Waals surface area contributed by atoms with Crippen LogP contribution in [0.1, 0.15) is 20.3 Å². The molecule has 0 N–H and O–H groups in total. The van der Waals surface area contributed by atoms with Gasteiger partial charge in [0.25, 0.3) is 0 Å². The molecule has 0 spiro atoms. The minimum atomic E-state index is 0.566. The quantitative estimate of drug-likeness (QED) is 0.593. The molecule has 3 heteroatoms. The van der Waals surface area contributed by atoms with E-state index in [1.54, 1.807) is 0 Å². The maximum atomic E-state index is 5.64. The number of halogens is 2. The highest BCUT2D eigenvalue weighted by Gasteiger charge is 2.09. The van der Waals surface area contributed by atoms with Crippen LogP contribution in [0, 0.1) is 0 Å². The van der Waals surface area contributed by atoms with Crippen LogP contribution in [0.4, 0.5) is 0 Å². The molecule has 1 unspecified atom stereocenters. The third-order valence-corrected chi connectivity index (χ3v) is 2.32. The minimum absolute atomic E-state index is 0.566. The fraction of sp³-hybridized carbons (Fsp3) is 1.00. The third kappa shape index (κ3) is 4.89. The molecule has 0 fully saturated rings. The highest BCUT2D eigenvalue weighted by molar-refractivity contribution is 6.18. The van der Waals surface area contributed by atoms with Crippen LogP contribution >= 0.6 is 23.2 Å². The van der Waals surface area contributed by atoms with Crippen LogP contribution in [0.25, 0.3) is 0 Å². The van der Waals surface area contributed by atoms with E-state index in [0.717, 1.165) is 25.4 Å². The first-order valence-corrected chi connectivity index (χ1v) is 5.19. The van der Waals surface area contributed by atoms with Crippen molar-refractivity contribution in [2.24, 2.45) is 0 Å². The summed E-state index contributed by atoms with van der Waals surface area (Å²) in [6, 6.07) is 0.566. The maximum absolute atomic E-state index is 5.64. The van der Waals surface area contributed by atoms with Crippen LogP contribution < -0.4 is 0 Å². The van der Waals surface area contributed by atoms with Crippen molar-refractivity contribution >= 4 is 23.2 Å². The number of hydrogen-bond acceptors (Lipinski definition) is 1. The molecular weight excluding hydrogens is 181 g/mol. The fourth-order valence-corrected chi connectivity index (χ4v) is 1.67. The average molecular weight is 198 g/mol. The van der Waals surface area contributed by atoms with Crippen molar-refractivity contribution in [3.63, 3.8) is 0 Å². The van der Waals surface area contributed by atoms with Crippen molar-refractivity contribution in [3.8, 4) is 0 Å². The van der Waals surface area contributed by atoms with Gasteiger partial charge in [-0.05, 0) is 19.9 Å². The molecule has 1 atom stereocenters. The van der Waals surface area contributed by atoms with Crippen LogP contribution in [-0.2, 0) is 0 Å². The van der Waals surface area contributed by atoms with E-state index in [0.29, 0.717) is 11.9 Å². The molecule has 0 radical (unpaired) electrons. The van der Waals surface area contributed by atoms with Crippen molar-refractivity contribution in [3.05, 3.63) is 0 Å². The van der Waals surface area contributed by atoms with Gasteiger partial charge in [-0.25, -0.2) is 0 Å². The molecule has 11 heavy (non-hydrogen) atoms. The molecule has 0 aliphatic carbocycles. The van der Waals surface area contributed by atoms with Gasteiger partial charge in [-0.1, -0.05) is 6.92 Å². The molecule has 0 heterocycles. The zero-order valence-corrected chi connectivity index (χ0v) is 8.83. The van der Waals surface area contributed by atoms with Crippen LogP contribution in [-0.4, -0.2) is 35.8 Å². The Morgan fingerprint density at radius 3 is 2.27 bits per heavy atom. The lowest BCUT2D eigenvalue weighted by atomic mass is 10.2. The lowest BCUT2D eigenvalue weighted by molar-refractivity contribution is 0.228. The Balaban J connectivity index is 3.61. The molecule has 0 saturated heterocycles. The standard InChI is InChI=1S/C8H17Cl2N/c1-3-11(7-6-10)8(2)4-5-9/h8H,3-7H2,1-2H3. The van der Waals surface area contributed by atoms with E-state index in [2.05, 4.69) is 18.7 Å². The summed E-state index contributed by atoms with van der Waals surface area (Å²) in [4.78, 5) is 2.34. The molecular formula is C8H17Cl2N. The van der Waals surface area contributed by atoms with Gasteiger partial charge in [0.05, 0.1) is 0 Å². The Morgan fingerprint density at radius 1 is 1.27 bits per heavy atom. The summed E-state index contributed by atoms with van der Waals surface area (Å²) in [5, 5.41) is 0. The van der Waals surface area contributed by atoms with Gasteiger partial charge in [-0.3, -0.25) is 4.90 Å². The van der Waals surface area contributed by atoms with E-state index in [1.165, 1.54) is 0 Å². The molecule has 0 saturated carbocycles. The van der Waals surface area contributed by atoms with Crippen LogP contribution in [0.5, 0.6) is 0 Å². The minimum Gasteiger partial charge on any atom is -0.300 e. The van der Waals surface area contributed by atoms with E-state index in [9.17, 15) is 0 Å². The van der Waals surface area contributed by atoms with Crippen LogP contribution in [0.3, 0.4) is 0 Å². The Kier molecular flexibility index (Phi) is 7.56. The molecule has 0 rings (SSSR count). The van der Waals surface area contributed by atoms with Crippen molar-refractivity contribution in [2.75, 3.05) is 24.8 Å². The van der Waals surface area contributed by atoms with Gasteiger partial charge in [0.15, 0.2) is 0 Å². The van der Waals surface area contributed by atoms with E-state index in [4.69, 9.17) is 23.2 Å². The van der Waals surface area contributed by atoms with Crippen LogP contribution in [0.2, 0.25) is 0 Å². The predicted octanol–water partition coefficient (Wildman–Crippen LogP) is 2.56. The molecule has 1 nitrogen and oxygen atoms in total. The van der Waals surface area contributed by atoms with E-state index < -0.39 is 0 Å². The van der Waals surface area contributed by atoms with E-state index >= 15 is 0 Å². The fourth-order valence-electron chi connectivity index (χ4n) is 1.14. The second kappa shape index (κ2) is 7.20. The summed E-state index contributed by atoms with van der Waals surface area (Å²) < 4.78 is 0. The Hall–Kier alpha value is 0.540. The van der Waals surface area contributed by atoms with Crippen molar-refractivity contribution in [2.45, 2.75) is 26.3 Å². The monoisotopic (exact) mass is 197 g/mol. The largest absolute Gasteiger partial charge is 0.300 e. The summed E-state index contributed by atoms with van der Waals surface area (Å²) in [5.74, 6) is 1.44. The summed E-state index contributed by atoms with van der Waals surface area (Å²) in [7, 11) is 0. The van der Waals surface area contributed by atoms with Gasteiger partial charge in [-0.2, -0.15) is 0 Å². The van der Waals surface area contributed by atoms with Gasteiger partial charge in [0.2, 0.25) is 0 Å². The Morgan fingerprint density at radius 2 is 1.91 bits per heavy atom. The second-order valence-electron chi connectivity index (χ2n) is 2.64. The topological polar surface area (TPSA) is 3.24 Å². The summed E-state index contributed by atoms with van der Waals surface area (Å²) in [6.45, 7) is 6.37. The highest BCUT2D eigenvalue weighted by atomic mass is 35.5. The van der Waals surface area contributed by atoms with E-state index in [1.807, 2.05) is 0 Å². The second-order valence-corrected chi connectivity index (χ2v) is 3.40. The lowest BCUT2D eigenvalue weighted by Crippen LogP contribution is -2.34. The van der Waals surface area contributed by atoms with Gasteiger partial charge >= 0.3 is 0 Å². The molecule has 68 valence electrons. The molecule has 0 aromatic carbocycles. The molecule has 0 aliphatic rings. The van der Waals surface area contributed by atoms with Gasteiger partial charge in [0, 0.05) is 24.3 Å². The Labute approximate surface area is 79.7 Å². The number of nitrogens with zero attached hydrogens (tertiary/aromatic N) is 1. The number of alkyl halides is 2. The van der Waals surface area contributed by atoms with Gasteiger partial charge < -0.3 is 0 Å². The number of hydrogen-bond donors (Lipinski definition) is 0. The van der Waals surface area contributed by atoms with Crippen molar-refractivity contribution in [1.29, 1.82) is 0 Å². The SMILES string of the molecule is CCN(CCCl)C(C)CCCl. The zero-order chi connectivity index (χ0) is 8.69. The summed E-state index contributed by atoms with van der Waals surface area (Å²) >= 11 is 11.3. The van der Waals surface area contributed by atoms with Crippen molar-refractivity contribution < 1.29 is 0 Å². The average Bonchev–Trinajstić information content (AvgIpc) is 2.00. The first kappa shape index (κ1) is 11.5. The maximum Gasteiger partial charge on any atom is 0.0351 e.